The minimum atomic E-state index is -2.02. The second kappa shape index (κ2) is 7.87. The number of hydrogen-bond donors (Lipinski definition) is 0. The molecule has 25 heavy (non-hydrogen) atoms. The van der Waals surface area contributed by atoms with Crippen LogP contribution in [0.5, 0.6) is 0 Å². The number of nitrogens with zero attached hydrogens (tertiary/aromatic N) is 1. The van der Waals surface area contributed by atoms with Gasteiger partial charge in [0.05, 0.1) is 12.6 Å². The summed E-state index contributed by atoms with van der Waals surface area (Å²) in [5.41, 5.74) is 0.920. The minimum Gasteiger partial charge on any atom is -0.445 e. The topological polar surface area (TPSA) is 38.8 Å². The first-order chi connectivity index (χ1) is 11.6. The lowest BCUT2D eigenvalue weighted by atomic mass is 10.1. The summed E-state index contributed by atoms with van der Waals surface area (Å²) in [5.74, 6) is 0. The van der Waals surface area contributed by atoms with Gasteiger partial charge in [0, 0.05) is 6.54 Å². The SMILES string of the molecule is CC(C)(C)[Si](C)(C)OC1CCN(C(=O)OCc2ccccc2)CC1F. The number of halogens is 1. The van der Waals surface area contributed by atoms with Gasteiger partial charge in [-0.2, -0.15) is 0 Å². The Bertz CT molecular complexity index is 574. The molecule has 6 heteroatoms. The molecule has 0 bridgehead atoms. The van der Waals surface area contributed by atoms with Gasteiger partial charge in [0.1, 0.15) is 12.8 Å². The first kappa shape index (κ1) is 19.9. The number of alkyl halides is 1. The van der Waals surface area contributed by atoms with Crippen LogP contribution in [-0.2, 0) is 15.8 Å². The molecule has 0 radical (unpaired) electrons. The zero-order valence-electron chi connectivity index (χ0n) is 15.9. The maximum absolute atomic E-state index is 14.6. The summed E-state index contributed by atoms with van der Waals surface area (Å²) in [6, 6.07) is 9.48. The molecule has 2 unspecified atom stereocenters. The Balaban J connectivity index is 1.85. The van der Waals surface area contributed by atoms with E-state index >= 15 is 0 Å². The molecule has 0 saturated carbocycles. The molecule has 1 aliphatic rings. The van der Waals surface area contributed by atoms with Crippen LogP contribution in [0, 0.1) is 0 Å². The van der Waals surface area contributed by atoms with Crippen molar-refractivity contribution in [3.05, 3.63) is 35.9 Å². The number of amides is 1. The number of rotatable bonds is 4. The van der Waals surface area contributed by atoms with E-state index in [0.29, 0.717) is 13.0 Å². The largest absolute Gasteiger partial charge is 0.445 e. The number of piperidine rings is 1. The first-order valence-electron chi connectivity index (χ1n) is 8.88. The highest BCUT2D eigenvalue weighted by Crippen LogP contribution is 2.38. The quantitative estimate of drug-likeness (QED) is 0.720. The van der Waals surface area contributed by atoms with Crippen LogP contribution in [0.2, 0.25) is 18.1 Å². The first-order valence-corrected chi connectivity index (χ1v) is 11.8. The molecule has 1 aromatic rings. The Morgan fingerprint density at radius 3 is 2.48 bits per heavy atom. The van der Waals surface area contributed by atoms with Gasteiger partial charge in [-0.1, -0.05) is 51.1 Å². The van der Waals surface area contributed by atoms with Crippen molar-refractivity contribution in [2.75, 3.05) is 13.1 Å². The van der Waals surface area contributed by atoms with E-state index in [1.54, 1.807) is 0 Å². The maximum atomic E-state index is 14.6. The molecular formula is C19H30FNO3Si. The van der Waals surface area contributed by atoms with Crippen molar-refractivity contribution in [3.8, 4) is 0 Å². The van der Waals surface area contributed by atoms with Crippen LogP contribution in [-0.4, -0.2) is 44.7 Å². The van der Waals surface area contributed by atoms with E-state index in [9.17, 15) is 9.18 Å². The minimum absolute atomic E-state index is 0.0346. The van der Waals surface area contributed by atoms with Gasteiger partial charge in [-0.3, -0.25) is 0 Å². The van der Waals surface area contributed by atoms with Gasteiger partial charge in [0.2, 0.25) is 0 Å². The molecule has 1 aliphatic heterocycles. The summed E-state index contributed by atoms with van der Waals surface area (Å²) in [5, 5.41) is 0.0401. The highest BCUT2D eigenvalue weighted by Gasteiger charge is 2.42. The third-order valence-electron chi connectivity index (χ3n) is 5.20. The molecule has 1 saturated heterocycles. The molecule has 1 aromatic carbocycles. The zero-order chi connectivity index (χ0) is 18.7. The lowest BCUT2D eigenvalue weighted by Crippen LogP contribution is -2.53. The molecule has 0 aromatic heterocycles. The van der Waals surface area contributed by atoms with Crippen LogP contribution in [0.1, 0.15) is 32.8 Å². The molecule has 0 N–H and O–H groups in total. The van der Waals surface area contributed by atoms with Crippen LogP contribution in [0.4, 0.5) is 9.18 Å². The van der Waals surface area contributed by atoms with Crippen LogP contribution >= 0.6 is 0 Å². The molecule has 0 spiro atoms. The number of carbonyl (C=O) groups excluding carboxylic acids is 1. The van der Waals surface area contributed by atoms with Crippen molar-refractivity contribution in [2.45, 2.75) is 64.2 Å². The smallest absolute Gasteiger partial charge is 0.410 e. The lowest BCUT2D eigenvalue weighted by molar-refractivity contribution is 0.00860. The molecule has 4 nitrogen and oxygen atoms in total. The third-order valence-corrected chi connectivity index (χ3v) is 9.70. The summed E-state index contributed by atoms with van der Waals surface area (Å²) >= 11 is 0. The Labute approximate surface area is 151 Å². The van der Waals surface area contributed by atoms with Crippen LogP contribution < -0.4 is 0 Å². The number of ether oxygens (including phenoxy) is 1. The highest BCUT2D eigenvalue weighted by molar-refractivity contribution is 6.74. The predicted octanol–water partition coefficient (Wildman–Crippen LogP) is 4.76. The lowest BCUT2D eigenvalue weighted by Gasteiger charge is -2.42. The van der Waals surface area contributed by atoms with Gasteiger partial charge in [-0.05, 0) is 30.1 Å². The molecule has 2 rings (SSSR count). The van der Waals surface area contributed by atoms with Crippen molar-refractivity contribution in [2.24, 2.45) is 0 Å². The highest BCUT2D eigenvalue weighted by atomic mass is 28.4. The Morgan fingerprint density at radius 2 is 1.92 bits per heavy atom. The van der Waals surface area contributed by atoms with E-state index in [-0.39, 0.29) is 18.2 Å². The van der Waals surface area contributed by atoms with Crippen molar-refractivity contribution < 1.29 is 18.3 Å². The average Bonchev–Trinajstić information content (AvgIpc) is 2.54. The normalized spacial score (nSPS) is 21.9. The van der Waals surface area contributed by atoms with Gasteiger partial charge in [-0.25, -0.2) is 9.18 Å². The Morgan fingerprint density at radius 1 is 1.28 bits per heavy atom. The van der Waals surface area contributed by atoms with Gasteiger partial charge < -0.3 is 14.1 Å². The van der Waals surface area contributed by atoms with Gasteiger partial charge in [0.25, 0.3) is 0 Å². The molecule has 0 aliphatic carbocycles. The van der Waals surface area contributed by atoms with E-state index in [2.05, 4.69) is 33.9 Å². The number of hydrogen-bond acceptors (Lipinski definition) is 3. The van der Waals surface area contributed by atoms with E-state index in [4.69, 9.17) is 9.16 Å². The van der Waals surface area contributed by atoms with Crippen LogP contribution in [0.25, 0.3) is 0 Å². The van der Waals surface area contributed by atoms with Crippen molar-refractivity contribution in [1.29, 1.82) is 0 Å². The second-order valence-corrected chi connectivity index (χ2v) is 13.0. The van der Waals surface area contributed by atoms with E-state index in [1.807, 2.05) is 30.3 Å². The fraction of sp³-hybridized carbons (Fsp3) is 0.632. The molecule has 1 heterocycles. The maximum Gasteiger partial charge on any atom is 0.410 e. The molecule has 2 atom stereocenters. The molecule has 140 valence electrons. The summed E-state index contributed by atoms with van der Waals surface area (Å²) in [4.78, 5) is 13.6. The number of likely N-dealkylation sites (tertiary alicyclic amines) is 1. The Kier molecular flexibility index (Phi) is 6.27. The van der Waals surface area contributed by atoms with E-state index in [0.717, 1.165) is 5.56 Å². The number of carbonyl (C=O) groups is 1. The van der Waals surface area contributed by atoms with Crippen molar-refractivity contribution in [3.63, 3.8) is 0 Å². The Hall–Kier alpha value is -1.40. The van der Waals surface area contributed by atoms with Crippen molar-refractivity contribution in [1.82, 2.24) is 4.90 Å². The monoisotopic (exact) mass is 367 g/mol. The predicted molar refractivity (Wildman–Crippen MR) is 99.8 cm³/mol. The molecule has 1 amide bonds. The summed E-state index contributed by atoms with van der Waals surface area (Å²) in [7, 11) is -2.02. The average molecular weight is 368 g/mol. The summed E-state index contributed by atoms with van der Waals surface area (Å²) in [6.45, 7) is 11.4. The summed E-state index contributed by atoms with van der Waals surface area (Å²) < 4.78 is 26.1. The molecule has 1 fully saturated rings. The van der Waals surface area contributed by atoms with E-state index in [1.165, 1.54) is 4.90 Å². The fourth-order valence-corrected chi connectivity index (χ4v) is 3.92. The van der Waals surface area contributed by atoms with Crippen molar-refractivity contribution >= 4 is 14.4 Å². The van der Waals surface area contributed by atoms with Gasteiger partial charge >= 0.3 is 6.09 Å². The summed E-state index contributed by atoms with van der Waals surface area (Å²) in [6.07, 6.45) is -1.56. The fourth-order valence-electron chi connectivity index (χ4n) is 2.55. The second-order valence-electron chi connectivity index (χ2n) is 8.21. The van der Waals surface area contributed by atoms with Gasteiger partial charge in [-0.15, -0.1) is 0 Å². The van der Waals surface area contributed by atoms with Gasteiger partial charge in [0.15, 0.2) is 8.32 Å². The standard InChI is InChI=1S/C19H30FNO3Si/c1-19(2,3)25(4,5)24-17-11-12-21(13-16(17)20)18(22)23-14-15-9-7-6-8-10-15/h6-10,16-17H,11-14H2,1-5H3. The number of benzene rings is 1. The van der Waals surface area contributed by atoms with Crippen LogP contribution in [0.15, 0.2) is 30.3 Å². The zero-order valence-corrected chi connectivity index (χ0v) is 16.9. The van der Waals surface area contributed by atoms with E-state index < -0.39 is 26.7 Å². The third kappa shape index (κ3) is 5.28. The van der Waals surface area contributed by atoms with Crippen LogP contribution in [0.3, 0.4) is 0 Å². The molecular weight excluding hydrogens is 337 g/mol.